The van der Waals surface area contributed by atoms with Gasteiger partial charge in [-0.1, -0.05) is 0 Å². The molecule has 0 fully saturated rings. The highest BCUT2D eigenvalue weighted by Crippen LogP contribution is 2.25. The molecule has 0 aliphatic rings. The zero-order valence-electron chi connectivity index (χ0n) is 10.5. The number of halogens is 2. The first-order valence-electron chi connectivity index (χ1n) is 5.78. The van der Waals surface area contributed by atoms with Crippen LogP contribution in [0.15, 0.2) is 12.1 Å². The van der Waals surface area contributed by atoms with Gasteiger partial charge in [-0.3, -0.25) is 0 Å². The van der Waals surface area contributed by atoms with E-state index >= 15 is 0 Å². The van der Waals surface area contributed by atoms with Crippen LogP contribution < -0.4 is 4.90 Å². The number of aliphatic hydroxyl groups is 1. The van der Waals surface area contributed by atoms with Gasteiger partial charge in [-0.2, -0.15) is 5.26 Å². The monoisotopic (exact) mass is 254 g/mol. The van der Waals surface area contributed by atoms with Crippen LogP contribution >= 0.6 is 0 Å². The number of nitriles is 1. The molecule has 18 heavy (non-hydrogen) atoms. The maximum absolute atomic E-state index is 13.9. The van der Waals surface area contributed by atoms with Gasteiger partial charge in [0.25, 0.3) is 0 Å². The first kappa shape index (κ1) is 14.4. The third-order valence-electron chi connectivity index (χ3n) is 2.67. The topological polar surface area (TPSA) is 47.3 Å². The van der Waals surface area contributed by atoms with E-state index in [2.05, 4.69) is 0 Å². The summed E-state index contributed by atoms with van der Waals surface area (Å²) in [5.41, 5.74) is -0.183. The summed E-state index contributed by atoms with van der Waals surface area (Å²) in [5.74, 6) is -2.13. The van der Waals surface area contributed by atoms with Crippen LogP contribution in [-0.2, 0) is 0 Å². The third kappa shape index (κ3) is 2.96. The number of aliphatic hydroxyl groups excluding tert-OH is 1. The molecule has 0 aliphatic heterocycles. The van der Waals surface area contributed by atoms with Gasteiger partial charge in [0.05, 0.1) is 11.3 Å². The first-order chi connectivity index (χ1) is 8.52. The summed E-state index contributed by atoms with van der Waals surface area (Å²) in [7, 11) is 0. The Labute approximate surface area is 105 Å². The van der Waals surface area contributed by atoms with Crippen molar-refractivity contribution < 1.29 is 13.9 Å². The Bertz CT molecular complexity index is 455. The quantitative estimate of drug-likeness (QED) is 0.877. The molecule has 0 saturated heterocycles. The molecule has 5 heteroatoms. The summed E-state index contributed by atoms with van der Waals surface area (Å²) in [6.07, 6.45) is 0.471. The molecule has 0 radical (unpaired) electrons. The van der Waals surface area contributed by atoms with Crippen molar-refractivity contribution in [3.8, 4) is 6.07 Å². The minimum Gasteiger partial charge on any atom is -0.396 e. The van der Waals surface area contributed by atoms with Crippen LogP contribution in [0.4, 0.5) is 14.5 Å². The van der Waals surface area contributed by atoms with Gasteiger partial charge in [-0.15, -0.1) is 0 Å². The number of anilines is 1. The molecule has 0 spiro atoms. The summed E-state index contributed by atoms with van der Waals surface area (Å²) in [5, 5.41) is 17.4. The normalized spacial score (nSPS) is 10.5. The van der Waals surface area contributed by atoms with E-state index < -0.39 is 11.6 Å². The maximum atomic E-state index is 13.9. The lowest BCUT2D eigenvalue weighted by atomic mass is 10.1. The molecular weight excluding hydrogens is 238 g/mol. The van der Waals surface area contributed by atoms with E-state index in [4.69, 9.17) is 10.4 Å². The zero-order valence-corrected chi connectivity index (χ0v) is 10.5. The smallest absolute Gasteiger partial charge is 0.183 e. The highest BCUT2D eigenvalue weighted by atomic mass is 19.2. The van der Waals surface area contributed by atoms with E-state index in [1.165, 1.54) is 12.1 Å². The molecule has 0 bridgehead atoms. The van der Waals surface area contributed by atoms with E-state index in [0.717, 1.165) is 0 Å². The number of rotatable bonds is 5. The Hall–Kier alpha value is -1.67. The SMILES string of the molecule is CC(C)N(CCCO)c1ccc(C#N)c(F)c1F. The number of nitrogens with zero attached hydrogens (tertiary/aromatic N) is 2. The molecular formula is C13H16F2N2O. The average Bonchev–Trinajstić information content (AvgIpc) is 2.34. The Balaban J connectivity index is 3.14. The summed E-state index contributed by atoms with van der Waals surface area (Å²) in [6.45, 7) is 4.12. The van der Waals surface area contributed by atoms with Crippen molar-refractivity contribution in [2.24, 2.45) is 0 Å². The molecule has 0 saturated carbocycles. The fourth-order valence-electron chi connectivity index (χ4n) is 1.75. The lowest BCUT2D eigenvalue weighted by Crippen LogP contribution is -2.33. The van der Waals surface area contributed by atoms with Gasteiger partial charge in [0.15, 0.2) is 11.6 Å². The molecule has 1 aromatic carbocycles. The van der Waals surface area contributed by atoms with Crippen LogP contribution in [0.1, 0.15) is 25.8 Å². The van der Waals surface area contributed by atoms with Crippen molar-refractivity contribution in [2.75, 3.05) is 18.1 Å². The minimum absolute atomic E-state index is 0.0103. The Kier molecular flexibility index (Phi) is 5.05. The second-order valence-electron chi connectivity index (χ2n) is 4.24. The van der Waals surface area contributed by atoms with Crippen molar-refractivity contribution in [3.63, 3.8) is 0 Å². The van der Waals surface area contributed by atoms with Gasteiger partial charge >= 0.3 is 0 Å². The number of hydrogen-bond acceptors (Lipinski definition) is 3. The standard InChI is InChI=1S/C13H16F2N2O/c1-9(2)17(6-3-7-18)11-5-4-10(8-16)12(14)13(11)15/h4-5,9,18H,3,6-7H2,1-2H3. The molecule has 3 nitrogen and oxygen atoms in total. The Morgan fingerprint density at radius 2 is 2.00 bits per heavy atom. The lowest BCUT2D eigenvalue weighted by Gasteiger charge is -2.29. The summed E-state index contributed by atoms with van der Waals surface area (Å²) >= 11 is 0. The van der Waals surface area contributed by atoms with Crippen LogP contribution in [0, 0.1) is 23.0 Å². The van der Waals surface area contributed by atoms with Crippen molar-refractivity contribution in [2.45, 2.75) is 26.3 Å². The second-order valence-corrected chi connectivity index (χ2v) is 4.24. The second kappa shape index (κ2) is 6.31. The van der Waals surface area contributed by atoms with Crippen LogP contribution in [0.3, 0.4) is 0 Å². The number of benzene rings is 1. The predicted molar refractivity (Wildman–Crippen MR) is 65.3 cm³/mol. The van der Waals surface area contributed by atoms with Gasteiger partial charge in [0, 0.05) is 19.2 Å². The molecule has 0 atom stereocenters. The average molecular weight is 254 g/mol. The van der Waals surface area contributed by atoms with Gasteiger partial charge in [-0.05, 0) is 32.4 Å². The highest BCUT2D eigenvalue weighted by molar-refractivity contribution is 5.52. The summed E-state index contributed by atoms with van der Waals surface area (Å²) in [4.78, 5) is 1.66. The third-order valence-corrected chi connectivity index (χ3v) is 2.67. The van der Waals surface area contributed by atoms with Gasteiger partial charge in [-0.25, -0.2) is 8.78 Å². The number of hydrogen-bond donors (Lipinski definition) is 1. The van der Waals surface area contributed by atoms with Crippen molar-refractivity contribution in [1.29, 1.82) is 5.26 Å². The Morgan fingerprint density at radius 1 is 1.33 bits per heavy atom. The van der Waals surface area contributed by atoms with E-state index in [1.807, 2.05) is 13.8 Å². The van der Waals surface area contributed by atoms with Gasteiger partial charge < -0.3 is 10.0 Å². The first-order valence-corrected chi connectivity index (χ1v) is 5.78. The molecule has 98 valence electrons. The lowest BCUT2D eigenvalue weighted by molar-refractivity contribution is 0.288. The molecule has 0 amide bonds. The van der Waals surface area contributed by atoms with Crippen molar-refractivity contribution in [3.05, 3.63) is 29.3 Å². The van der Waals surface area contributed by atoms with E-state index in [-0.39, 0.29) is 23.9 Å². The van der Waals surface area contributed by atoms with E-state index in [9.17, 15) is 8.78 Å². The molecule has 0 aromatic heterocycles. The van der Waals surface area contributed by atoms with Crippen LogP contribution in [0.25, 0.3) is 0 Å². The van der Waals surface area contributed by atoms with Gasteiger partial charge in [0.2, 0.25) is 0 Å². The van der Waals surface area contributed by atoms with Crippen LogP contribution in [-0.4, -0.2) is 24.3 Å². The largest absolute Gasteiger partial charge is 0.396 e. The highest BCUT2D eigenvalue weighted by Gasteiger charge is 2.19. The molecule has 0 aliphatic carbocycles. The summed E-state index contributed by atoms with van der Waals surface area (Å²) in [6, 6.07) is 4.23. The fourth-order valence-corrected chi connectivity index (χ4v) is 1.75. The molecule has 0 unspecified atom stereocenters. The summed E-state index contributed by atoms with van der Waals surface area (Å²) < 4.78 is 27.4. The zero-order chi connectivity index (χ0) is 13.7. The van der Waals surface area contributed by atoms with Crippen LogP contribution in [0.2, 0.25) is 0 Å². The predicted octanol–water partition coefficient (Wildman–Crippen LogP) is 2.43. The minimum atomic E-state index is -1.12. The van der Waals surface area contributed by atoms with Gasteiger partial charge in [0.1, 0.15) is 6.07 Å². The van der Waals surface area contributed by atoms with Crippen molar-refractivity contribution in [1.82, 2.24) is 0 Å². The van der Waals surface area contributed by atoms with Crippen molar-refractivity contribution >= 4 is 5.69 Å². The van der Waals surface area contributed by atoms with Crippen LogP contribution in [0.5, 0.6) is 0 Å². The molecule has 1 rings (SSSR count). The van der Waals surface area contributed by atoms with E-state index in [0.29, 0.717) is 13.0 Å². The molecule has 1 aromatic rings. The fraction of sp³-hybridized carbons (Fsp3) is 0.462. The van der Waals surface area contributed by atoms with E-state index in [1.54, 1.807) is 11.0 Å². The molecule has 0 heterocycles. The molecule has 1 N–H and O–H groups in total. The maximum Gasteiger partial charge on any atom is 0.183 e. The Morgan fingerprint density at radius 3 is 2.50 bits per heavy atom.